The molecular weight excluding hydrogens is 284 g/mol. The Morgan fingerprint density at radius 1 is 0.870 bits per heavy atom. The van der Waals surface area contributed by atoms with Gasteiger partial charge >= 0.3 is 0 Å². The van der Waals surface area contributed by atoms with Crippen molar-refractivity contribution in [2.75, 3.05) is 13.2 Å². The molecule has 0 amide bonds. The highest BCUT2D eigenvalue weighted by molar-refractivity contribution is 4.60. The van der Waals surface area contributed by atoms with E-state index < -0.39 is 0 Å². The molecule has 2 nitrogen and oxygen atoms in total. The van der Waals surface area contributed by atoms with Gasteiger partial charge in [0.1, 0.15) is 0 Å². The highest BCUT2D eigenvalue weighted by atomic mass is 16.7. The third-order valence-electron chi connectivity index (χ3n) is 5.15. The lowest BCUT2D eigenvalue weighted by molar-refractivity contribution is -0.168. The Bertz CT molecular complexity index is 248. The van der Waals surface area contributed by atoms with Crippen LogP contribution in [0.1, 0.15) is 104 Å². The molecule has 1 aliphatic heterocycles. The molecule has 138 valence electrons. The normalized spacial score (nSPS) is 21.3. The minimum absolute atomic E-state index is 0.0813. The van der Waals surface area contributed by atoms with Crippen LogP contribution in [0.3, 0.4) is 0 Å². The lowest BCUT2D eigenvalue weighted by atomic mass is 9.94. The second-order valence-corrected chi connectivity index (χ2v) is 7.83. The summed E-state index contributed by atoms with van der Waals surface area (Å²) in [4.78, 5) is 0. The Labute approximate surface area is 145 Å². The van der Waals surface area contributed by atoms with Crippen LogP contribution in [0.15, 0.2) is 0 Å². The molecule has 1 rings (SSSR count). The number of hydrogen-bond acceptors (Lipinski definition) is 2. The van der Waals surface area contributed by atoms with Gasteiger partial charge in [-0.3, -0.25) is 0 Å². The van der Waals surface area contributed by atoms with Gasteiger partial charge in [0.05, 0.1) is 6.61 Å². The zero-order valence-electron chi connectivity index (χ0n) is 16.2. The van der Waals surface area contributed by atoms with Crippen LogP contribution in [-0.4, -0.2) is 19.5 Å². The summed E-state index contributed by atoms with van der Waals surface area (Å²) in [5.41, 5.74) is 0. The molecule has 3 atom stereocenters. The van der Waals surface area contributed by atoms with Gasteiger partial charge in [-0.2, -0.15) is 0 Å². The van der Waals surface area contributed by atoms with Gasteiger partial charge in [-0.1, -0.05) is 78.6 Å². The van der Waals surface area contributed by atoms with Crippen molar-refractivity contribution in [3.63, 3.8) is 0 Å². The largest absolute Gasteiger partial charge is 0.353 e. The van der Waals surface area contributed by atoms with E-state index in [0.717, 1.165) is 25.6 Å². The Morgan fingerprint density at radius 2 is 1.57 bits per heavy atom. The van der Waals surface area contributed by atoms with Crippen molar-refractivity contribution >= 4 is 0 Å². The van der Waals surface area contributed by atoms with E-state index in [0.29, 0.717) is 5.92 Å². The molecule has 1 aliphatic rings. The Kier molecular flexibility index (Phi) is 13.0. The standard InChI is InChI=1S/C21H42O2/c1-4-5-6-7-8-9-13-19(2)14-12-15-20(3)18-23-21-16-10-11-17-22-21/h19-21H,4-18H2,1-3H3/t19-,20+,21?/m1/s1. The molecule has 0 aliphatic carbocycles. The van der Waals surface area contributed by atoms with Crippen LogP contribution in [0.25, 0.3) is 0 Å². The molecule has 1 heterocycles. The van der Waals surface area contributed by atoms with Gasteiger partial charge in [-0.15, -0.1) is 0 Å². The summed E-state index contributed by atoms with van der Waals surface area (Å²) in [5.74, 6) is 1.57. The van der Waals surface area contributed by atoms with E-state index in [2.05, 4.69) is 20.8 Å². The predicted octanol–water partition coefficient (Wildman–Crippen LogP) is 6.72. The van der Waals surface area contributed by atoms with E-state index in [9.17, 15) is 0 Å². The maximum atomic E-state index is 5.89. The molecule has 0 N–H and O–H groups in total. The quantitative estimate of drug-likeness (QED) is 0.330. The van der Waals surface area contributed by atoms with E-state index in [1.54, 1.807) is 0 Å². The molecule has 0 aromatic carbocycles. The fraction of sp³-hybridized carbons (Fsp3) is 1.00. The van der Waals surface area contributed by atoms with Crippen molar-refractivity contribution in [1.82, 2.24) is 0 Å². The van der Waals surface area contributed by atoms with Crippen molar-refractivity contribution in [3.8, 4) is 0 Å². The van der Waals surface area contributed by atoms with Crippen LogP contribution >= 0.6 is 0 Å². The van der Waals surface area contributed by atoms with Crippen molar-refractivity contribution in [3.05, 3.63) is 0 Å². The van der Waals surface area contributed by atoms with Crippen LogP contribution in [0.5, 0.6) is 0 Å². The first-order valence-corrected chi connectivity index (χ1v) is 10.5. The van der Waals surface area contributed by atoms with Crippen LogP contribution in [-0.2, 0) is 9.47 Å². The molecule has 2 heteroatoms. The maximum absolute atomic E-state index is 5.89. The highest BCUT2D eigenvalue weighted by Crippen LogP contribution is 2.20. The lowest BCUT2D eigenvalue weighted by Gasteiger charge is -2.24. The minimum Gasteiger partial charge on any atom is -0.353 e. The first kappa shape index (κ1) is 21.0. The second-order valence-electron chi connectivity index (χ2n) is 7.83. The summed E-state index contributed by atoms with van der Waals surface area (Å²) >= 11 is 0. The number of unbranched alkanes of at least 4 members (excludes halogenated alkanes) is 5. The zero-order chi connectivity index (χ0) is 16.8. The summed E-state index contributed by atoms with van der Waals surface area (Å²) < 4.78 is 11.5. The SMILES string of the molecule is CCCCCCCC[C@@H](C)CCC[C@H](C)COC1CCCCO1. The molecule has 1 fully saturated rings. The van der Waals surface area contributed by atoms with Crippen molar-refractivity contribution in [2.45, 2.75) is 111 Å². The molecule has 0 bridgehead atoms. The number of rotatable bonds is 14. The second kappa shape index (κ2) is 14.3. The minimum atomic E-state index is 0.0813. The third kappa shape index (κ3) is 12.0. The summed E-state index contributed by atoms with van der Waals surface area (Å²) in [5, 5.41) is 0. The van der Waals surface area contributed by atoms with Gasteiger partial charge in [0.2, 0.25) is 0 Å². The average molecular weight is 327 g/mol. The highest BCUT2D eigenvalue weighted by Gasteiger charge is 2.15. The topological polar surface area (TPSA) is 18.5 Å². The summed E-state index contributed by atoms with van der Waals surface area (Å²) in [6, 6.07) is 0. The smallest absolute Gasteiger partial charge is 0.157 e. The Balaban J connectivity index is 1.89. The van der Waals surface area contributed by atoms with Crippen molar-refractivity contribution in [1.29, 1.82) is 0 Å². The lowest BCUT2D eigenvalue weighted by Crippen LogP contribution is -2.24. The summed E-state index contributed by atoms with van der Waals surface area (Å²) in [6.07, 6.45) is 17.6. The average Bonchev–Trinajstić information content (AvgIpc) is 2.57. The van der Waals surface area contributed by atoms with Gasteiger partial charge < -0.3 is 9.47 Å². The first-order valence-electron chi connectivity index (χ1n) is 10.5. The molecule has 0 saturated carbocycles. The zero-order valence-corrected chi connectivity index (χ0v) is 16.2. The molecular formula is C21H42O2. The van der Waals surface area contributed by atoms with Gasteiger partial charge in [-0.05, 0) is 37.5 Å². The van der Waals surface area contributed by atoms with Gasteiger partial charge in [0.15, 0.2) is 6.29 Å². The molecule has 0 spiro atoms. The van der Waals surface area contributed by atoms with E-state index in [1.807, 2.05) is 0 Å². The third-order valence-corrected chi connectivity index (χ3v) is 5.15. The van der Waals surface area contributed by atoms with Gasteiger partial charge in [0.25, 0.3) is 0 Å². The monoisotopic (exact) mass is 326 g/mol. The Morgan fingerprint density at radius 3 is 2.30 bits per heavy atom. The van der Waals surface area contributed by atoms with E-state index in [-0.39, 0.29) is 6.29 Å². The van der Waals surface area contributed by atoms with Crippen molar-refractivity contribution < 1.29 is 9.47 Å². The van der Waals surface area contributed by atoms with Crippen LogP contribution < -0.4 is 0 Å². The molecule has 1 saturated heterocycles. The van der Waals surface area contributed by atoms with Crippen LogP contribution in [0, 0.1) is 11.8 Å². The predicted molar refractivity (Wildman–Crippen MR) is 99.7 cm³/mol. The Hall–Kier alpha value is -0.0800. The number of ether oxygens (including phenoxy) is 2. The molecule has 0 radical (unpaired) electrons. The van der Waals surface area contributed by atoms with Gasteiger partial charge in [-0.25, -0.2) is 0 Å². The van der Waals surface area contributed by atoms with Crippen LogP contribution in [0.4, 0.5) is 0 Å². The molecule has 1 unspecified atom stereocenters. The maximum Gasteiger partial charge on any atom is 0.157 e. The van der Waals surface area contributed by atoms with Crippen LogP contribution in [0.2, 0.25) is 0 Å². The summed E-state index contributed by atoms with van der Waals surface area (Å²) in [6.45, 7) is 8.80. The van der Waals surface area contributed by atoms with Crippen molar-refractivity contribution in [2.24, 2.45) is 11.8 Å². The van der Waals surface area contributed by atoms with Gasteiger partial charge in [0, 0.05) is 6.61 Å². The van der Waals surface area contributed by atoms with E-state index in [1.165, 1.54) is 77.0 Å². The molecule has 23 heavy (non-hydrogen) atoms. The molecule has 0 aromatic rings. The fourth-order valence-electron chi connectivity index (χ4n) is 3.43. The first-order chi connectivity index (χ1) is 11.2. The van der Waals surface area contributed by atoms with E-state index >= 15 is 0 Å². The fourth-order valence-corrected chi connectivity index (χ4v) is 3.43. The molecule has 0 aromatic heterocycles. The van der Waals surface area contributed by atoms with E-state index in [4.69, 9.17) is 9.47 Å². The summed E-state index contributed by atoms with van der Waals surface area (Å²) in [7, 11) is 0. The number of hydrogen-bond donors (Lipinski definition) is 0.